The SMILES string of the molecule is Cc1cccc(CNc2cncc(C(=O)NCCc3ccc(F)cc3)c2)c1. The summed E-state index contributed by atoms with van der Waals surface area (Å²) in [5.74, 6) is -0.437. The average molecular weight is 363 g/mol. The molecule has 3 aromatic rings. The summed E-state index contributed by atoms with van der Waals surface area (Å²) in [5.41, 5.74) is 4.65. The third-order valence-corrected chi connectivity index (χ3v) is 4.19. The van der Waals surface area contributed by atoms with E-state index in [2.05, 4.69) is 40.7 Å². The first-order valence-electron chi connectivity index (χ1n) is 8.87. The van der Waals surface area contributed by atoms with Gasteiger partial charge in [0.2, 0.25) is 0 Å². The van der Waals surface area contributed by atoms with Crippen LogP contribution in [0.4, 0.5) is 10.1 Å². The minimum Gasteiger partial charge on any atom is -0.380 e. The third kappa shape index (κ3) is 5.64. The van der Waals surface area contributed by atoms with Crippen LogP contribution in [-0.2, 0) is 13.0 Å². The Kier molecular flexibility index (Phi) is 6.15. The molecule has 0 spiro atoms. The number of pyridine rings is 1. The van der Waals surface area contributed by atoms with Crippen LogP contribution in [0.2, 0.25) is 0 Å². The maximum atomic E-state index is 12.9. The van der Waals surface area contributed by atoms with Crippen LogP contribution in [0.25, 0.3) is 0 Å². The highest BCUT2D eigenvalue weighted by Gasteiger charge is 2.07. The van der Waals surface area contributed by atoms with Crippen molar-refractivity contribution in [1.82, 2.24) is 10.3 Å². The Balaban J connectivity index is 1.52. The van der Waals surface area contributed by atoms with Crippen LogP contribution >= 0.6 is 0 Å². The van der Waals surface area contributed by atoms with Gasteiger partial charge in [-0.1, -0.05) is 42.0 Å². The van der Waals surface area contributed by atoms with Gasteiger partial charge in [0, 0.05) is 25.5 Å². The van der Waals surface area contributed by atoms with Gasteiger partial charge in [0.15, 0.2) is 0 Å². The molecule has 0 radical (unpaired) electrons. The van der Waals surface area contributed by atoms with Gasteiger partial charge in [0.25, 0.3) is 5.91 Å². The molecule has 0 unspecified atom stereocenters. The van der Waals surface area contributed by atoms with Gasteiger partial charge in [-0.05, 0) is 42.7 Å². The number of aromatic nitrogens is 1. The normalized spacial score (nSPS) is 10.4. The monoisotopic (exact) mass is 363 g/mol. The zero-order chi connectivity index (χ0) is 19.1. The first kappa shape index (κ1) is 18.6. The molecular formula is C22H22FN3O. The van der Waals surface area contributed by atoms with Crippen LogP contribution in [0.15, 0.2) is 67.0 Å². The molecule has 0 fully saturated rings. The number of carbonyl (C=O) groups is 1. The van der Waals surface area contributed by atoms with Gasteiger partial charge in [-0.25, -0.2) is 4.39 Å². The molecule has 0 aliphatic carbocycles. The summed E-state index contributed by atoms with van der Waals surface area (Å²) in [6.45, 7) is 3.20. The fourth-order valence-corrected chi connectivity index (χ4v) is 2.76. The number of nitrogens with one attached hydrogen (secondary N) is 2. The van der Waals surface area contributed by atoms with Crippen molar-refractivity contribution in [3.63, 3.8) is 0 Å². The summed E-state index contributed by atoms with van der Waals surface area (Å²) in [4.78, 5) is 16.5. The summed E-state index contributed by atoms with van der Waals surface area (Å²) in [7, 11) is 0. The molecule has 4 nitrogen and oxygen atoms in total. The lowest BCUT2D eigenvalue weighted by molar-refractivity contribution is 0.0954. The summed E-state index contributed by atoms with van der Waals surface area (Å²) in [5, 5.41) is 6.16. The van der Waals surface area contributed by atoms with Gasteiger partial charge >= 0.3 is 0 Å². The molecule has 1 amide bonds. The molecule has 0 aliphatic heterocycles. The van der Waals surface area contributed by atoms with E-state index < -0.39 is 0 Å². The molecule has 1 heterocycles. The van der Waals surface area contributed by atoms with Crippen LogP contribution in [0.3, 0.4) is 0 Å². The average Bonchev–Trinajstić information content (AvgIpc) is 2.68. The lowest BCUT2D eigenvalue weighted by Gasteiger charge is -2.09. The number of nitrogens with zero attached hydrogens (tertiary/aromatic N) is 1. The Morgan fingerprint density at radius 2 is 1.85 bits per heavy atom. The van der Waals surface area contributed by atoms with Crippen molar-refractivity contribution >= 4 is 11.6 Å². The largest absolute Gasteiger partial charge is 0.380 e. The Bertz CT molecular complexity index is 909. The molecule has 3 rings (SSSR count). The molecule has 0 saturated carbocycles. The number of hydrogen-bond donors (Lipinski definition) is 2. The number of hydrogen-bond acceptors (Lipinski definition) is 3. The van der Waals surface area contributed by atoms with E-state index >= 15 is 0 Å². The summed E-state index contributed by atoms with van der Waals surface area (Å²) in [6.07, 6.45) is 3.89. The van der Waals surface area contributed by atoms with Gasteiger partial charge in [0.1, 0.15) is 5.82 Å². The van der Waals surface area contributed by atoms with Crippen molar-refractivity contribution in [1.29, 1.82) is 0 Å². The van der Waals surface area contributed by atoms with E-state index in [1.54, 1.807) is 30.6 Å². The maximum absolute atomic E-state index is 12.9. The minimum absolute atomic E-state index is 0.177. The Morgan fingerprint density at radius 3 is 2.63 bits per heavy atom. The zero-order valence-corrected chi connectivity index (χ0v) is 15.2. The van der Waals surface area contributed by atoms with Crippen molar-refractivity contribution in [3.05, 3.63) is 95.1 Å². The second kappa shape index (κ2) is 8.94. The van der Waals surface area contributed by atoms with Crippen molar-refractivity contribution in [2.75, 3.05) is 11.9 Å². The molecule has 1 aromatic heterocycles. The van der Waals surface area contributed by atoms with E-state index in [9.17, 15) is 9.18 Å². The molecular weight excluding hydrogens is 341 g/mol. The number of carbonyl (C=O) groups excluding carboxylic acids is 1. The Morgan fingerprint density at radius 1 is 1.04 bits per heavy atom. The van der Waals surface area contributed by atoms with Gasteiger partial charge in [-0.3, -0.25) is 9.78 Å². The quantitative estimate of drug-likeness (QED) is 0.664. The molecule has 2 N–H and O–H groups in total. The lowest BCUT2D eigenvalue weighted by atomic mass is 10.1. The highest BCUT2D eigenvalue weighted by molar-refractivity contribution is 5.94. The van der Waals surface area contributed by atoms with Gasteiger partial charge < -0.3 is 10.6 Å². The van der Waals surface area contributed by atoms with Gasteiger partial charge in [0.05, 0.1) is 11.3 Å². The van der Waals surface area contributed by atoms with Gasteiger partial charge in [-0.2, -0.15) is 0 Å². The first-order chi connectivity index (χ1) is 13.1. The number of anilines is 1. The van der Waals surface area contributed by atoms with Crippen molar-refractivity contribution in [2.24, 2.45) is 0 Å². The number of benzene rings is 2. The summed E-state index contributed by atoms with van der Waals surface area (Å²) >= 11 is 0. The van der Waals surface area contributed by atoms with Crippen LogP contribution in [0.1, 0.15) is 27.0 Å². The molecule has 0 aliphatic rings. The standard InChI is InChI=1S/C22H22FN3O/c1-16-3-2-4-18(11-16)13-26-21-12-19(14-24-15-21)22(27)25-10-9-17-5-7-20(23)8-6-17/h2-8,11-12,14-15,26H,9-10,13H2,1H3,(H,25,27). The maximum Gasteiger partial charge on any atom is 0.252 e. The Labute approximate surface area is 158 Å². The van der Waals surface area contributed by atoms with Crippen LogP contribution < -0.4 is 10.6 Å². The molecule has 0 bridgehead atoms. The minimum atomic E-state index is -0.260. The number of halogens is 1. The van der Waals surface area contributed by atoms with Crippen LogP contribution in [0, 0.1) is 12.7 Å². The molecule has 0 saturated heterocycles. The van der Waals surface area contributed by atoms with E-state index in [1.807, 2.05) is 6.07 Å². The highest BCUT2D eigenvalue weighted by Crippen LogP contribution is 2.12. The second-order valence-electron chi connectivity index (χ2n) is 6.44. The molecule has 27 heavy (non-hydrogen) atoms. The predicted octanol–water partition coefficient (Wildman–Crippen LogP) is 4.11. The topological polar surface area (TPSA) is 54.0 Å². The molecule has 2 aromatic carbocycles. The van der Waals surface area contributed by atoms with Crippen molar-refractivity contribution in [3.8, 4) is 0 Å². The molecule has 5 heteroatoms. The third-order valence-electron chi connectivity index (χ3n) is 4.19. The first-order valence-corrected chi connectivity index (χ1v) is 8.87. The predicted molar refractivity (Wildman–Crippen MR) is 105 cm³/mol. The van der Waals surface area contributed by atoms with E-state index in [1.165, 1.54) is 23.3 Å². The van der Waals surface area contributed by atoms with Crippen LogP contribution in [-0.4, -0.2) is 17.4 Å². The van der Waals surface area contributed by atoms with Crippen molar-refractivity contribution < 1.29 is 9.18 Å². The lowest BCUT2D eigenvalue weighted by Crippen LogP contribution is -2.25. The highest BCUT2D eigenvalue weighted by atomic mass is 19.1. The smallest absolute Gasteiger partial charge is 0.252 e. The van der Waals surface area contributed by atoms with E-state index in [4.69, 9.17) is 0 Å². The van der Waals surface area contributed by atoms with E-state index in [0.29, 0.717) is 25.1 Å². The number of aryl methyl sites for hydroxylation is 1. The Hall–Kier alpha value is -3.21. The summed E-state index contributed by atoms with van der Waals surface area (Å²) in [6, 6.07) is 16.3. The van der Waals surface area contributed by atoms with Crippen LogP contribution in [0.5, 0.6) is 0 Å². The van der Waals surface area contributed by atoms with Crippen molar-refractivity contribution in [2.45, 2.75) is 19.9 Å². The zero-order valence-electron chi connectivity index (χ0n) is 15.2. The number of amides is 1. The van der Waals surface area contributed by atoms with E-state index in [-0.39, 0.29) is 11.7 Å². The second-order valence-corrected chi connectivity index (χ2v) is 6.44. The summed E-state index contributed by atoms with van der Waals surface area (Å²) < 4.78 is 12.9. The van der Waals surface area contributed by atoms with E-state index in [0.717, 1.165) is 11.3 Å². The van der Waals surface area contributed by atoms with Gasteiger partial charge in [-0.15, -0.1) is 0 Å². The molecule has 0 atom stereocenters. The molecule has 138 valence electrons. The number of rotatable bonds is 7. The fraction of sp³-hybridized carbons (Fsp3) is 0.182. The fourth-order valence-electron chi connectivity index (χ4n) is 2.76.